The summed E-state index contributed by atoms with van der Waals surface area (Å²) in [4.78, 5) is 0.247. The molecule has 1 rings (SSSR count). The molecule has 1 nitrogen and oxygen atoms in total. The standard InChI is InChI=1S/C8H8F3NS/c1-3-4(9)5(10)6(11)7(12)8(3)13-2/h12H2,1-2H3. The van der Waals surface area contributed by atoms with Crippen LogP contribution in [0.2, 0.25) is 0 Å². The Morgan fingerprint density at radius 1 is 1.08 bits per heavy atom. The number of benzene rings is 1. The Hall–Kier alpha value is -0.840. The van der Waals surface area contributed by atoms with Gasteiger partial charge in [0.25, 0.3) is 0 Å². The summed E-state index contributed by atoms with van der Waals surface area (Å²) >= 11 is 1.09. The minimum atomic E-state index is -1.51. The molecular formula is C8H8F3NS. The lowest BCUT2D eigenvalue weighted by Gasteiger charge is -2.09. The Morgan fingerprint density at radius 2 is 1.62 bits per heavy atom. The van der Waals surface area contributed by atoms with Gasteiger partial charge < -0.3 is 5.73 Å². The highest BCUT2D eigenvalue weighted by Gasteiger charge is 2.19. The quantitative estimate of drug-likeness (QED) is 0.435. The first-order chi connectivity index (χ1) is 6.00. The van der Waals surface area contributed by atoms with Crippen LogP contribution in [-0.4, -0.2) is 6.26 Å². The van der Waals surface area contributed by atoms with E-state index in [1.54, 1.807) is 6.26 Å². The minimum Gasteiger partial charge on any atom is -0.395 e. The van der Waals surface area contributed by atoms with Crippen molar-refractivity contribution in [2.24, 2.45) is 0 Å². The topological polar surface area (TPSA) is 26.0 Å². The van der Waals surface area contributed by atoms with Gasteiger partial charge in [-0.15, -0.1) is 11.8 Å². The van der Waals surface area contributed by atoms with E-state index < -0.39 is 17.5 Å². The molecule has 1 aromatic carbocycles. The van der Waals surface area contributed by atoms with Crippen LogP contribution < -0.4 is 5.73 Å². The van der Waals surface area contributed by atoms with Crippen molar-refractivity contribution in [3.63, 3.8) is 0 Å². The third kappa shape index (κ3) is 1.48. The average Bonchev–Trinajstić information content (AvgIpc) is 2.13. The van der Waals surface area contributed by atoms with Gasteiger partial charge in [-0.2, -0.15) is 0 Å². The first-order valence-electron chi connectivity index (χ1n) is 3.47. The number of anilines is 1. The van der Waals surface area contributed by atoms with Crippen LogP contribution in [0.15, 0.2) is 4.90 Å². The lowest BCUT2D eigenvalue weighted by molar-refractivity contribution is 0.442. The Balaban J connectivity index is 3.56. The zero-order valence-corrected chi connectivity index (χ0v) is 7.94. The van der Waals surface area contributed by atoms with E-state index in [9.17, 15) is 13.2 Å². The second-order valence-electron chi connectivity index (χ2n) is 2.51. The highest BCUT2D eigenvalue weighted by molar-refractivity contribution is 7.98. The Labute approximate surface area is 78.1 Å². The van der Waals surface area contributed by atoms with Crippen molar-refractivity contribution in [3.8, 4) is 0 Å². The molecule has 5 heteroatoms. The second kappa shape index (κ2) is 3.49. The number of halogens is 3. The zero-order chi connectivity index (χ0) is 10.2. The number of nitrogen functional groups attached to an aromatic ring is 1. The van der Waals surface area contributed by atoms with E-state index in [-0.39, 0.29) is 16.1 Å². The molecule has 1 aromatic rings. The van der Waals surface area contributed by atoms with Gasteiger partial charge in [-0.3, -0.25) is 0 Å². The van der Waals surface area contributed by atoms with Crippen LogP contribution in [0.1, 0.15) is 5.56 Å². The van der Waals surface area contributed by atoms with Gasteiger partial charge in [0, 0.05) is 10.5 Å². The SMILES string of the molecule is CSc1c(C)c(F)c(F)c(F)c1N. The van der Waals surface area contributed by atoms with Crippen molar-refractivity contribution >= 4 is 17.4 Å². The van der Waals surface area contributed by atoms with Crippen LogP contribution in [0.3, 0.4) is 0 Å². The maximum absolute atomic E-state index is 12.9. The Bertz CT molecular complexity index is 323. The fourth-order valence-electron chi connectivity index (χ4n) is 1.04. The molecule has 0 saturated heterocycles. The molecule has 0 aliphatic carbocycles. The molecule has 0 spiro atoms. The van der Waals surface area contributed by atoms with E-state index in [2.05, 4.69) is 0 Å². The molecule has 0 bridgehead atoms. The molecular weight excluding hydrogens is 199 g/mol. The number of thioether (sulfide) groups is 1. The molecule has 0 heterocycles. The fourth-order valence-corrected chi connectivity index (χ4v) is 1.75. The summed E-state index contributed by atoms with van der Waals surface area (Å²) in [5.41, 5.74) is 4.98. The minimum absolute atomic E-state index is 0.0453. The van der Waals surface area contributed by atoms with Crippen LogP contribution in [0.25, 0.3) is 0 Å². The van der Waals surface area contributed by atoms with Crippen molar-refractivity contribution in [3.05, 3.63) is 23.0 Å². The average molecular weight is 207 g/mol. The summed E-state index contributed by atoms with van der Waals surface area (Å²) in [7, 11) is 0. The number of nitrogens with two attached hydrogens (primary N) is 1. The summed E-state index contributed by atoms with van der Waals surface area (Å²) in [5.74, 6) is -3.99. The molecule has 72 valence electrons. The molecule has 0 amide bonds. The van der Waals surface area contributed by atoms with E-state index in [1.165, 1.54) is 6.92 Å². The van der Waals surface area contributed by atoms with Crippen LogP contribution in [0.4, 0.5) is 18.9 Å². The number of rotatable bonds is 1. The largest absolute Gasteiger partial charge is 0.395 e. The van der Waals surface area contributed by atoms with Crippen LogP contribution in [-0.2, 0) is 0 Å². The second-order valence-corrected chi connectivity index (χ2v) is 3.33. The lowest BCUT2D eigenvalue weighted by Crippen LogP contribution is -2.03. The zero-order valence-electron chi connectivity index (χ0n) is 7.12. The van der Waals surface area contributed by atoms with Crippen molar-refractivity contribution in [1.82, 2.24) is 0 Å². The van der Waals surface area contributed by atoms with Gasteiger partial charge in [0.05, 0.1) is 5.69 Å². The van der Waals surface area contributed by atoms with Crippen LogP contribution >= 0.6 is 11.8 Å². The van der Waals surface area contributed by atoms with Gasteiger partial charge in [0.15, 0.2) is 17.5 Å². The van der Waals surface area contributed by atoms with Gasteiger partial charge in [-0.05, 0) is 13.2 Å². The monoisotopic (exact) mass is 207 g/mol. The third-order valence-electron chi connectivity index (χ3n) is 1.74. The summed E-state index contributed by atoms with van der Waals surface area (Å²) in [5, 5.41) is 0. The van der Waals surface area contributed by atoms with Gasteiger partial charge in [-0.1, -0.05) is 0 Å². The fraction of sp³-hybridized carbons (Fsp3) is 0.250. The Morgan fingerprint density at radius 3 is 2.08 bits per heavy atom. The van der Waals surface area contributed by atoms with Crippen LogP contribution in [0, 0.1) is 24.4 Å². The first kappa shape index (κ1) is 10.2. The van der Waals surface area contributed by atoms with E-state index in [0.29, 0.717) is 0 Å². The molecule has 0 atom stereocenters. The summed E-state index contributed by atoms with van der Waals surface area (Å²) in [6, 6.07) is 0. The molecule has 2 N–H and O–H groups in total. The predicted molar refractivity (Wildman–Crippen MR) is 47.2 cm³/mol. The third-order valence-corrected chi connectivity index (χ3v) is 2.67. The van der Waals surface area contributed by atoms with E-state index in [1.807, 2.05) is 0 Å². The van der Waals surface area contributed by atoms with E-state index in [4.69, 9.17) is 5.73 Å². The van der Waals surface area contributed by atoms with Crippen LogP contribution in [0.5, 0.6) is 0 Å². The highest BCUT2D eigenvalue weighted by atomic mass is 32.2. The van der Waals surface area contributed by atoms with Gasteiger partial charge in [-0.25, -0.2) is 13.2 Å². The maximum atomic E-state index is 12.9. The van der Waals surface area contributed by atoms with Crippen molar-refractivity contribution in [2.75, 3.05) is 12.0 Å². The van der Waals surface area contributed by atoms with Gasteiger partial charge >= 0.3 is 0 Å². The highest BCUT2D eigenvalue weighted by Crippen LogP contribution is 2.32. The van der Waals surface area contributed by atoms with Gasteiger partial charge in [0.2, 0.25) is 0 Å². The number of hydrogen-bond acceptors (Lipinski definition) is 2. The molecule has 0 radical (unpaired) electrons. The van der Waals surface area contributed by atoms with E-state index in [0.717, 1.165) is 11.8 Å². The van der Waals surface area contributed by atoms with Gasteiger partial charge in [0.1, 0.15) is 0 Å². The maximum Gasteiger partial charge on any atom is 0.196 e. The normalized spacial score (nSPS) is 10.5. The van der Waals surface area contributed by atoms with Crippen molar-refractivity contribution < 1.29 is 13.2 Å². The molecule has 0 unspecified atom stereocenters. The molecule has 0 saturated carbocycles. The molecule has 0 aliphatic heterocycles. The van der Waals surface area contributed by atoms with Crippen molar-refractivity contribution in [1.29, 1.82) is 0 Å². The Kier molecular flexibility index (Phi) is 2.75. The van der Waals surface area contributed by atoms with Crippen molar-refractivity contribution in [2.45, 2.75) is 11.8 Å². The predicted octanol–water partition coefficient (Wildman–Crippen LogP) is 2.72. The molecule has 13 heavy (non-hydrogen) atoms. The molecule has 0 aromatic heterocycles. The summed E-state index contributed by atoms with van der Waals surface area (Å²) in [6.07, 6.45) is 1.62. The van der Waals surface area contributed by atoms with E-state index >= 15 is 0 Å². The molecule has 0 fully saturated rings. The smallest absolute Gasteiger partial charge is 0.196 e. The molecule has 0 aliphatic rings. The number of hydrogen-bond donors (Lipinski definition) is 1. The lowest BCUT2D eigenvalue weighted by atomic mass is 10.2. The summed E-state index contributed by atoms with van der Waals surface area (Å²) < 4.78 is 38.5. The summed E-state index contributed by atoms with van der Waals surface area (Å²) in [6.45, 7) is 1.36. The first-order valence-corrected chi connectivity index (χ1v) is 4.69.